The van der Waals surface area contributed by atoms with Crippen LogP contribution in [0.15, 0.2) is 30.3 Å². The summed E-state index contributed by atoms with van der Waals surface area (Å²) >= 11 is 0. The smallest absolute Gasteiger partial charge is 0.313 e. The van der Waals surface area contributed by atoms with E-state index in [9.17, 15) is 19.2 Å². The molecule has 8 rings (SSSR count). The van der Waals surface area contributed by atoms with E-state index in [4.69, 9.17) is 23.7 Å². The van der Waals surface area contributed by atoms with E-state index in [0.717, 1.165) is 116 Å². The van der Waals surface area contributed by atoms with Crippen LogP contribution in [0.1, 0.15) is 152 Å². The maximum absolute atomic E-state index is 11.6. The summed E-state index contributed by atoms with van der Waals surface area (Å²) in [5.74, 6) is 0.981. The molecule has 5 unspecified atom stereocenters. The van der Waals surface area contributed by atoms with Gasteiger partial charge in [0.05, 0.1) is 57.4 Å². The van der Waals surface area contributed by atoms with Crippen LogP contribution in [0.4, 0.5) is 0 Å². The zero-order valence-corrected chi connectivity index (χ0v) is 56.9. The van der Waals surface area contributed by atoms with Crippen LogP contribution in [0.2, 0.25) is 0 Å². The van der Waals surface area contributed by atoms with Crippen LogP contribution < -0.4 is 0 Å². The number of hydrogen-bond acceptors (Lipinski definition) is 17. The average molecular weight is 1190 g/mol. The predicted molar refractivity (Wildman–Crippen MR) is 339 cm³/mol. The number of esters is 4. The van der Waals surface area contributed by atoms with Crippen molar-refractivity contribution >= 4 is 23.9 Å². The highest BCUT2D eigenvalue weighted by Gasteiger charge is 2.45. The van der Waals surface area contributed by atoms with Crippen molar-refractivity contribution in [3.05, 3.63) is 35.9 Å². The third kappa shape index (κ3) is 24.7. The SMILES string of the molecule is CCC(CC)N(CC1(C)COC1)C(CC)CC.CCN(CC)CC1CCOC1=O.CN(C)CC1(CN(C)C)COC1.CN(C)CC1CC(c2ccccc2)OC1=O.CN(C)CC1COC1=O.CN1C(C)(C)CC(CC2CCOC2=O)CC1(C)C. The first-order chi connectivity index (χ1) is 39.5. The molecule has 0 amide bonds. The lowest BCUT2D eigenvalue weighted by molar-refractivity contribution is -0.169. The predicted octanol–water partition coefficient (Wildman–Crippen LogP) is 9.13. The minimum Gasteiger partial charge on any atom is -0.465 e. The number of cyclic esters (lactones) is 4. The Morgan fingerprint density at radius 1 is 0.548 bits per heavy atom. The summed E-state index contributed by atoms with van der Waals surface area (Å²) in [6.45, 7) is 38.7. The summed E-state index contributed by atoms with van der Waals surface area (Å²) in [5, 5.41) is 0. The molecule has 84 heavy (non-hydrogen) atoms. The Labute approximate surface area is 511 Å². The fourth-order valence-corrected chi connectivity index (χ4v) is 13.4. The monoisotopic (exact) mass is 1190 g/mol. The maximum atomic E-state index is 11.6. The number of nitrogens with zero attached hydrogens (tertiary/aromatic N) is 7. The number of ether oxygens (including phenoxy) is 6. The molecule has 486 valence electrons. The van der Waals surface area contributed by atoms with E-state index in [1.165, 1.54) is 45.1 Å². The zero-order valence-electron chi connectivity index (χ0n) is 56.9. The van der Waals surface area contributed by atoms with Gasteiger partial charge in [-0.05, 0) is 173 Å². The van der Waals surface area contributed by atoms with Gasteiger partial charge in [-0.1, -0.05) is 78.8 Å². The second kappa shape index (κ2) is 36.3. The highest BCUT2D eigenvalue weighted by molar-refractivity contribution is 5.77. The van der Waals surface area contributed by atoms with Crippen LogP contribution >= 0.6 is 0 Å². The van der Waals surface area contributed by atoms with Gasteiger partial charge in [0.2, 0.25) is 0 Å². The van der Waals surface area contributed by atoms with Crippen LogP contribution in [-0.2, 0) is 47.6 Å². The van der Waals surface area contributed by atoms with Crippen molar-refractivity contribution in [2.75, 3.05) is 162 Å². The fraction of sp³-hybridized carbons (Fsp3) is 0.851. The molecule has 7 fully saturated rings. The first kappa shape index (κ1) is 75.0. The molecule has 7 saturated heterocycles. The molecule has 7 aliphatic heterocycles. The second-order valence-electron chi connectivity index (χ2n) is 28.0. The molecular weight excluding hydrogens is 1060 g/mol. The van der Waals surface area contributed by atoms with Gasteiger partial charge in [0.15, 0.2) is 0 Å². The molecule has 0 bridgehead atoms. The number of piperidine rings is 1. The van der Waals surface area contributed by atoms with Gasteiger partial charge in [-0.3, -0.25) is 29.0 Å². The highest BCUT2D eigenvalue weighted by atomic mass is 16.6. The second-order valence-corrected chi connectivity index (χ2v) is 28.0. The summed E-state index contributed by atoms with van der Waals surface area (Å²) in [5.41, 5.74) is 2.33. The van der Waals surface area contributed by atoms with Crippen LogP contribution in [0.5, 0.6) is 0 Å². The van der Waals surface area contributed by atoms with Crippen molar-refractivity contribution in [1.29, 1.82) is 0 Å². The molecule has 0 N–H and O–H groups in total. The standard InChI is InChI=1S/C15H27NO2.C15H31NO.C13H17NO2.C9H20N2O.C9H17NO2.C6H11NO2/c1-14(2)9-11(10-15(3,4)16(14)5)8-12-6-7-18-13(12)17;1-6-13(7-2)16(14(8-3)9-4)10-15(5)11-17-12-15;1-14(2)9-11-8-12(16-13(11)15)10-6-4-3-5-7-10;1-10(2)5-9(6-11(3)4)7-12-8-9;1-3-10(4-2)7-8-5-6-12-9(8)11;1-7(2)3-5-4-9-6(5)8/h11-12H,6-10H2,1-5H3;13-14H,6-12H2,1-5H3;3-7,11-12H,8-9H2,1-2H3;5-8H2,1-4H3;8H,3-7H2,1-2H3;5H,3-4H2,1-2H3. The molecule has 17 nitrogen and oxygen atoms in total. The summed E-state index contributed by atoms with van der Waals surface area (Å²) in [7, 11) is 18.6. The lowest BCUT2D eigenvalue weighted by atomic mass is 9.71. The molecule has 5 atom stereocenters. The third-order valence-electron chi connectivity index (χ3n) is 18.1. The molecule has 0 aromatic heterocycles. The molecule has 0 radical (unpaired) electrons. The molecular formula is C67H123N7O10. The zero-order chi connectivity index (χ0) is 63.0. The lowest BCUT2D eigenvalue weighted by Gasteiger charge is -2.54. The van der Waals surface area contributed by atoms with E-state index in [2.05, 4.69) is 141 Å². The van der Waals surface area contributed by atoms with Crippen LogP contribution in [0.25, 0.3) is 0 Å². The summed E-state index contributed by atoms with van der Waals surface area (Å²) < 4.78 is 30.6. The van der Waals surface area contributed by atoms with Crippen molar-refractivity contribution in [1.82, 2.24) is 34.3 Å². The Bertz CT molecular complexity index is 1990. The van der Waals surface area contributed by atoms with E-state index in [0.29, 0.717) is 36.6 Å². The Morgan fingerprint density at radius 3 is 1.36 bits per heavy atom. The summed E-state index contributed by atoms with van der Waals surface area (Å²) in [6, 6.07) is 11.4. The van der Waals surface area contributed by atoms with Gasteiger partial charge in [0.25, 0.3) is 0 Å². The van der Waals surface area contributed by atoms with E-state index < -0.39 is 0 Å². The van der Waals surface area contributed by atoms with E-state index >= 15 is 0 Å². The normalized spacial score (nSPS) is 24.7. The van der Waals surface area contributed by atoms with Crippen molar-refractivity contribution < 1.29 is 47.6 Å². The first-order valence-electron chi connectivity index (χ1n) is 32.2. The van der Waals surface area contributed by atoms with Crippen LogP contribution in [0, 0.1) is 40.4 Å². The first-order valence-corrected chi connectivity index (χ1v) is 32.2. The Balaban J connectivity index is 0.000000268. The number of rotatable bonds is 23. The van der Waals surface area contributed by atoms with Gasteiger partial charge in [0.1, 0.15) is 18.6 Å². The average Bonchev–Trinajstić information content (AvgIpc) is 3.74. The van der Waals surface area contributed by atoms with Gasteiger partial charge < -0.3 is 52.9 Å². The van der Waals surface area contributed by atoms with Gasteiger partial charge >= 0.3 is 23.9 Å². The maximum Gasteiger partial charge on any atom is 0.313 e. The summed E-state index contributed by atoms with van der Waals surface area (Å²) in [6.07, 6.45) is 11.0. The number of carbonyl (C=O) groups is 4. The Kier molecular flexibility index (Phi) is 32.4. The van der Waals surface area contributed by atoms with E-state index in [1.54, 1.807) is 0 Å². The van der Waals surface area contributed by atoms with Crippen LogP contribution in [0.3, 0.4) is 0 Å². The van der Waals surface area contributed by atoms with E-state index in [-0.39, 0.29) is 64.7 Å². The minimum absolute atomic E-state index is 0.0121. The third-order valence-corrected chi connectivity index (χ3v) is 18.1. The van der Waals surface area contributed by atoms with Crippen molar-refractivity contribution in [2.24, 2.45) is 40.4 Å². The van der Waals surface area contributed by atoms with Crippen molar-refractivity contribution in [3.63, 3.8) is 0 Å². The van der Waals surface area contributed by atoms with Gasteiger partial charge in [0, 0.05) is 79.7 Å². The molecule has 1 aromatic rings. The van der Waals surface area contributed by atoms with E-state index in [1.807, 2.05) is 68.3 Å². The topological polar surface area (TPSA) is 146 Å². The number of carbonyl (C=O) groups excluding carboxylic acids is 4. The number of hydrogen-bond donors (Lipinski definition) is 0. The van der Waals surface area contributed by atoms with Gasteiger partial charge in [-0.15, -0.1) is 0 Å². The number of likely N-dealkylation sites (tertiary alicyclic amines) is 1. The Hall–Kier alpha value is -3.26. The van der Waals surface area contributed by atoms with Crippen LogP contribution in [-0.4, -0.2) is 243 Å². The quantitative estimate of drug-likeness (QED) is 0.0757. The minimum atomic E-state index is -0.0671. The summed E-state index contributed by atoms with van der Waals surface area (Å²) in [4.78, 5) is 60.9. The molecule has 0 spiro atoms. The van der Waals surface area contributed by atoms with Crippen molar-refractivity contribution in [2.45, 2.75) is 170 Å². The van der Waals surface area contributed by atoms with Gasteiger partial charge in [-0.25, -0.2) is 0 Å². The molecule has 0 aliphatic carbocycles. The largest absolute Gasteiger partial charge is 0.465 e. The molecule has 17 heteroatoms. The van der Waals surface area contributed by atoms with Crippen molar-refractivity contribution in [3.8, 4) is 0 Å². The molecule has 0 saturated carbocycles. The number of benzene rings is 1. The van der Waals surface area contributed by atoms with Gasteiger partial charge in [-0.2, -0.15) is 0 Å². The molecule has 7 aliphatic rings. The Morgan fingerprint density at radius 2 is 1.01 bits per heavy atom. The lowest BCUT2D eigenvalue weighted by Crippen LogP contribution is -2.58. The highest BCUT2D eigenvalue weighted by Crippen LogP contribution is 2.43. The fourth-order valence-electron chi connectivity index (χ4n) is 13.4. The molecule has 1 aromatic carbocycles. The molecule has 7 heterocycles.